The SMILES string of the molecule is Cc1cc(NC(=O)c2cccc(OCc3cn4ccccc4n3)c2)ccc1N(C)C. The second kappa shape index (κ2) is 8.29. The normalized spacial score (nSPS) is 10.8. The van der Waals surface area contributed by atoms with Gasteiger partial charge in [0.05, 0.1) is 5.69 Å². The maximum absolute atomic E-state index is 12.7. The lowest BCUT2D eigenvalue weighted by Gasteiger charge is -2.16. The molecule has 30 heavy (non-hydrogen) atoms. The van der Waals surface area contributed by atoms with Crippen LogP contribution >= 0.6 is 0 Å². The van der Waals surface area contributed by atoms with Gasteiger partial charge in [-0.1, -0.05) is 12.1 Å². The van der Waals surface area contributed by atoms with Gasteiger partial charge in [0.25, 0.3) is 5.91 Å². The molecule has 0 atom stereocenters. The Labute approximate surface area is 175 Å². The molecule has 6 nitrogen and oxygen atoms in total. The zero-order valence-electron chi connectivity index (χ0n) is 17.3. The van der Waals surface area contributed by atoms with E-state index >= 15 is 0 Å². The van der Waals surface area contributed by atoms with Crippen molar-refractivity contribution in [2.45, 2.75) is 13.5 Å². The standard InChI is InChI=1S/C24H24N4O2/c1-17-13-19(10-11-22(17)27(2)3)26-24(29)18-7-6-8-21(14-18)30-16-20-15-28-12-5-4-9-23(28)25-20/h4-15H,16H2,1-3H3,(H,26,29). The average molecular weight is 400 g/mol. The molecule has 1 N–H and O–H groups in total. The van der Waals surface area contributed by atoms with Crippen molar-refractivity contribution < 1.29 is 9.53 Å². The van der Waals surface area contributed by atoms with Crippen molar-refractivity contribution in [3.63, 3.8) is 0 Å². The molecule has 4 rings (SSSR count). The Kier molecular flexibility index (Phi) is 5.39. The average Bonchev–Trinajstić information content (AvgIpc) is 3.15. The number of carbonyl (C=O) groups excluding carboxylic acids is 1. The van der Waals surface area contributed by atoms with Crippen LogP contribution in [0.4, 0.5) is 11.4 Å². The molecule has 0 bridgehead atoms. The quantitative estimate of drug-likeness (QED) is 0.516. The first-order chi connectivity index (χ1) is 14.5. The third-order valence-corrected chi connectivity index (χ3v) is 4.83. The number of carbonyl (C=O) groups is 1. The number of anilines is 2. The number of nitrogens with one attached hydrogen (secondary N) is 1. The first kappa shape index (κ1) is 19.5. The van der Waals surface area contributed by atoms with Gasteiger partial charge in [0, 0.05) is 43.4 Å². The number of hydrogen-bond acceptors (Lipinski definition) is 4. The van der Waals surface area contributed by atoms with Crippen LogP contribution in [0.1, 0.15) is 21.6 Å². The molecule has 1 amide bonds. The number of benzene rings is 2. The molecular weight excluding hydrogens is 376 g/mol. The van der Waals surface area contributed by atoms with Crippen molar-refractivity contribution in [2.24, 2.45) is 0 Å². The zero-order chi connectivity index (χ0) is 21.1. The number of rotatable bonds is 6. The van der Waals surface area contributed by atoms with Crippen molar-refractivity contribution in [1.82, 2.24) is 9.38 Å². The topological polar surface area (TPSA) is 58.9 Å². The lowest BCUT2D eigenvalue weighted by Crippen LogP contribution is -2.13. The van der Waals surface area contributed by atoms with Gasteiger partial charge in [-0.25, -0.2) is 4.98 Å². The molecule has 2 heterocycles. The van der Waals surface area contributed by atoms with Gasteiger partial charge in [-0.3, -0.25) is 4.79 Å². The van der Waals surface area contributed by atoms with Crippen LogP contribution in [0, 0.1) is 6.92 Å². The minimum Gasteiger partial charge on any atom is -0.487 e. The van der Waals surface area contributed by atoms with Crippen LogP contribution < -0.4 is 15.0 Å². The highest BCUT2D eigenvalue weighted by Gasteiger charge is 2.10. The minimum absolute atomic E-state index is 0.176. The van der Waals surface area contributed by atoms with Gasteiger partial charge in [0.15, 0.2) is 0 Å². The van der Waals surface area contributed by atoms with Crippen LogP contribution in [-0.2, 0) is 6.61 Å². The monoisotopic (exact) mass is 400 g/mol. The third kappa shape index (κ3) is 4.27. The minimum atomic E-state index is -0.176. The van der Waals surface area contributed by atoms with Gasteiger partial charge in [-0.2, -0.15) is 0 Å². The summed E-state index contributed by atoms with van der Waals surface area (Å²) >= 11 is 0. The van der Waals surface area contributed by atoms with Crippen molar-refractivity contribution in [3.8, 4) is 5.75 Å². The fraction of sp³-hybridized carbons (Fsp3) is 0.167. The molecule has 2 aromatic carbocycles. The number of hydrogen-bond donors (Lipinski definition) is 1. The van der Waals surface area contributed by atoms with E-state index in [2.05, 4.69) is 10.3 Å². The van der Waals surface area contributed by atoms with Crippen LogP contribution in [0.2, 0.25) is 0 Å². The molecule has 0 saturated heterocycles. The molecule has 152 valence electrons. The van der Waals surface area contributed by atoms with Crippen LogP contribution in [0.15, 0.2) is 73.1 Å². The van der Waals surface area contributed by atoms with Gasteiger partial charge in [0.2, 0.25) is 0 Å². The number of pyridine rings is 1. The summed E-state index contributed by atoms with van der Waals surface area (Å²) in [6, 6.07) is 18.9. The number of nitrogens with zero attached hydrogens (tertiary/aromatic N) is 3. The summed E-state index contributed by atoms with van der Waals surface area (Å²) in [6.45, 7) is 2.36. The van der Waals surface area contributed by atoms with Gasteiger partial charge in [0.1, 0.15) is 18.0 Å². The summed E-state index contributed by atoms with van der Waals surface area (Å²) in [5, 5.41) is 2.96. The third-order valence-electron chi connectivity index (χ3n) is 4.83. The largest absolute Gasteiger partial charge is 0.487 e. The molecule has 6 heteroatoms. The Morgan fingerprint density at radius 3 is 2.73 bits per heavy atom. The Hall–Kier alpha value is -3.80. The van der Waals surface area contributed by atoms with Gasteiger partial charge >= 0.3 is 0 Å². The van der Waals surface area contributed by atoms with Crippen LogP contribution in [-0.4, -0.2) is 29.4 Å². The van der Waals surface area contributed by atoms with E-state index in [1.54, 1.807) is 12.1 Å². The van der Waals surface area contributed by atoms with Gasteiger partial charge in [-0.15, -0.1) is 0 Å². The maximum atomic E-state index is 12.7. The first-order valence-corrected chi connectivity index (χ1v) is 9.74. The predicted octanol–water partition coefficient (Wildman–Crippen LogP) is 4.54. The van der Waals surface area contributed by atoms with Crippen molar-refractivity contribution in [2.75, 3.05) is 24.3 Å². The molecule has 2 aromatic heterocycles. The molecule has 0 aliphatic rings. The smallest absolute Gasteiger partial charge is 0.255 e. The molecule has 0 saturated carbocycles. The molecule has 0 fully saturated rings. The van der Waals surface area contributed by atoms with Crippen molar-refractivity contribution >= 4 is 22.9 Å². The second-order valence-corrected chi connectivity index (χ2v) is 7.36. The lowest BCUT2D eigenvalue weighted by molar-refractivity contribution is 0.102. The van der Waals surface area contributed by atoms with Crippen molar-refractivity contribution in [1.29, 1.82) is 0 Å². The summed E-state index contributed by atoms with van der Waals surface area (Å²) in [4.78, 5) is 19.3. The maximum Gasteiger partial charge on any atom is 0.255 e. The molecule has 0 spiro atoms. The highest BCUT2D eigenvalue weighted by atomic mass is 16.5. The van der Waals surface area contributed by atoms with E-state index in [1.807, 2.05) is 91.2 Å². The first-order valence-electron chi connectivity index (χ1n) is 9.74. The van der Waals surface area contributed by atoms with Crippen LogP contribution in [0.5, 0.6) is 5.75 Å². The van der Waals surface area contributed by atoms with Crippen LogP contribution in [0.3, 0.4) is 0 Å². The molecule has 0 unspecified atom stereocenters. The van der Waals surface area contributed by atoms with E-state index in [4.69, 9.17) is 4.74 Å². The summed E-state index contributed by atoms with van der Waals surface area (Å²) in [7, 11) is 4.00. The molecular formula is C24H24N4O2. The Balaban J connectivity index is 1.43. The summed E-state index contributed by atoms with van der Waals surface area (Å²) in [5.74, 6) is 0.448. The Morgan fingerprint density at radius 2 is 1.97 bits per heavy atom. The molecule has 0 radical (unpaired) electrons. The predicted molar refractivity (Wildman–Crippen MR) is 119 cm³/mol. The number of ether oxygens (including phenoxy) is 1. The molecule has 0 aliphatic heterocycles. The van der Waals surface area contributed by atoms with E-state index < -0.39 is 0 Å². The second-order valence-electron chi connectivity index (χ2n) is 7.36. The van der Waals surface area contributed by atoms with E-state index in [1.165, 1.54) is 0 Å². The number of imidazole rings is 1. The van der Waals surface area contributed by atoms with Gasteiger partial charge < -0.3 is 19.4 Å². The van der Waals surface area contributed by atoms with E-state index in [0.29, 0.717) is 17.9 Å². The van der Waals surface area contributed by atoms with Crippen molar-refractivity contribution in [3.05, 3.63) is 89.9 Å². The number of amides is 1. The van der Waals surface area contributed by atoms with E-state index in [9.17, 15) is 4.79 Å². The fourth-order valence-electron chi connectivity index (χ4n) is 3.38. The zero-order valence-corrected chi connectivity index (χ0v) is 17.3. The highest BCUT2D eigenvalue weighted by Crippen LogP contribution is 2.23. The number of aryl methyl sites for hydroxylation is 1. The van der Waals surface area contributed by atoms with E-state index in [-0.39, 0.29) is 5.91 Å². The number of fused-ring (bicyclic) bond motifs is 1. The summed E-state index contributed by atoms with van der Waals surface area (Å²) in [6.07, 6.45) is 3.88. The molecule has 0 aliphatic carbocycles. The number of aromatic nitrogens is 2. The fourth-order valence-corrected chi connectivity index (χ4v) is 3.38. The highest BCUT2D eigenvalue weighted by molar-refractivity contribution is 6.04. The summed E-state index contributed by atoms with van der Waals surface area (Å²) in [5.41, 5.74) is 5.22. The Bertz CT molecular complexity index is 1160. The van der Waals surface area contributed by atoms with E-state index in [0.717, 1.165) is 28.3 Å². The molecule has 4 aromatic rings. The summed E-state index contributed by atoms with van der Waals surface area (Å²) < 4.78 is 7.81. The lowest BCUT2D eigenvalue weighted by atomic mass is 10.1. The van der Waals surface area contributed by atoms with Crippen LogP contribution in [0.25, 0.3) is 5.65 Å². The Morgan fingerprint density at radius 1 is 1.10 bits per heavy atom. The van der Waals surface area contributed by atoms with Gasteiger partial charge in [-0.05, 0) is 61.0 Å².